The number of rotatable bonds is 5. The highest BCUT2D eigenvalue weighted by Gasteiger charge is 2.07. The Kier molecular flexibility index (Phi) is 4.78. The van der Waals surface area contributed by atoms with E-state index in [2.05, 4.69) is 60.4 Å². The van der Waals surface area contributed by atoms with Crippen LogP contribution in [0.25, 0.3) is 0 Å². The number of benzene rings is 1. The van der Waals surface area contributed by atoms with Crippen LogP contribution < -0.4 is 10.6 Å². The van der Waals surface area contributed by atoms with E-state index in [1.165, 1.54) is 16.7 Å². The molecule has 1 aromatic heterocycles. The molecule has 0 saturated heterocycles. The molecule has 0 bridgehead atoms. The summed E-state index contributed by atoms with van der Waals surface area (Å²) >= 11 is 0. The number of hydrogen-bond donors (Lipinski definition) is 2. The van der Waals surface area contributed by atoms with Crippen LogP contribution in [0.15, 0.2) is 18.2 Å². The fraction of sp³-hybridized carbons (Fsp3) is 0.412. The van der Waals surface area contributed by atoms with Gasteiger partial charge in [0.05, 0.1) is 0 Å². The monoisotopic (exact) mass is 284 g/mol. The Morgan fingerprint density at radius 1 is 0.905 bits per heavy atom. The fourth-order valence-electron chi connectivity index (χ4n) is 2.48. The van der Waals surface area contributed by atoms with Crippen molar-refractivity contribution >= 4 is 17.3 Å². The van der Waals surface area contributed by atoms with Gasteiger partial charge in [0.1, 0.15) is 17.5 Å². The smallest absolute Gasteiger partial charge is 0.136 e. The highest BCUT2D eigenvalue weighted by molar-refractivity contribution is 5.66. The summed E-state index contributed by atoms with van der Waals surface area (Å²) < 4.78 is 0. The largest absolute Gasteiger partial charge is 0.370 e. The number of anilines is 3. The number of aryl methyl sites for hydroxylation is 4. The summed E-state index contributed by atoms with van der Waals surface area (Å²) in [6, 6.07) is 6.32. The van der Waals surface area contributed by atoms with E-state index in [1.54, 1.807) is 0 Å². The lowest BCUT2D eigenvalue weighted by molar-refractivity contribution is 0.955. The number of aromatic nitrogens is 2. The second-order valence-corrected chi connectivity index (χ2v) is 5.51. The minimum atomic E-state index is 0.765. The number of hydrogen-bond acceptors (Lipinski definition) is 4. The molecule has 0 unspecified atom stereocenters. The molecule has 0 aliphatic rings. The predicted octanol–water partition coefficient (Wildman–Crippen LogP) is 4.28. The molecule has 21 heavy (non-hydrogen) atoms. The zero-order valence-corrected chi connectivity index (χ0v) is 13.5. The van der Waals surface area contributed by atoms with E-state index in [-0.39, 0.29) is 0 Å². The Hall–Kier alpha value is -2.10. The van der Waals surface area contributed by atoms with Gasteiger partial charge in [-0.2, -0.15) is 0 Å². The standard InChI is InChI=1S/C17H24N4/c1-6-7-18-15-10-16(20-14(5)19-15)21-17-12(3)8-11(2)9-13(17)4/h8-10H,6-7H2,1-5H3,(H2,18,19,20,21). The van der Waals surface area contributed by atoms with Crippen molar-refractivity contribution in [2.24, 2.45) is 0 Å². The summed E-state index contributed by atoms with van der Waals surface area (Å²) in [5.74, 6) is 2.46. The van der Waals surface area contributed by atoms with Crippen LogP contribution in [0.3, 0.4) is 0 Å². The molecule has 0 radical (unpaired) electrons. The zero-order chi connectivity index (χ0) is 15.4. The first-order valence-electron chi connectivity index (χ1n) is 7.44. The van der Waals surface area contributed by atoms with E-state index in [4.69, 9.17) is 0 Å². The van der Waals surface area contributed by atoms with Crippen LogP contribution in [0, 0.1) is 27.7 Å². The van der Waals surface area contributed by atoms with Gasteiger partial charge < -0.3 is 10.6 Å². The third kappa shape index (κ3) is 3.94. The highest BCUT2D eigenvalue weighted by atomic mass is 15.1. The summed E-state index contributed by atoms with van der Waals surface area (Å²) in [4.78, 5) is 8.89. The second kappa shape index (κ2) is 6.57. The van der Waals surface area contributed by atoms with Crippen LogP contribution in [0.4, 0.5) is 17.3 Å². The summed E-state index contributed by atoms with van der Waals surface area (Å²) in [7, 11) is 0. The topological polar surface area (TPSA) is 49.8 Å². The quantitative estimate of drug-likeness (QED) is 0.860. The van der Waals surface area contributed by atoms with Crippen molar-refractivity contribution in [2.75, 3.05) is 17.2 Å². The number of nitrogens with one attached hydrogen (secondary N) is 2. The highest BCUT2D eigenvalue weighted by Crippen LogP contribution is 2.25. The molecule has 112 valence electrons. The average Bonchev–Trinajstić information content (AvgIpc) is 2.40. The first-order chi connectivity index (χ1) is 9.99. The van der Waals surface area contributed by atoms with Gasteiger partial charge in [-0.05, 0) is 45.2 Å². The molecule has 0 spiro atoms. The molecule has 1 heterocycles. The van der Waals surface area contributed by atoms with Crippen LogP contribution in [0.2, 0.25) is 0 Å². The molecule has 0 fully saturated rings. The van der Waals surface area contributed by atoms with E-state index in [0.29, 0.717) is 0 Å². The Labute approximate surface area is 127 Å². The maximum atomic E-state index is 4.48. The Balaban J connectivity index is 2.29. The van der Waals surface area contributed by atoms with Crippen molar-refractivity contribution in [1.82, 2.24) is 9.97 Å². The maximum absolute atomic E-state index is 4.48. The van der Waals surface area contributed by atoms with E-state index >= 15 is 0 Å². The van der Waals surface area contributed by atoms with Crippen LogP contribution in [-0.2, 0) is 0 Å². The third-order valence-electron chi connectivity index (χ3n) is 3.32. The molecule has 2 aromatic rings. The Morgan fingerprint density at radius 2 is 1.52 bits per heavy atom. The molecule has 0 saturated carbocycles. The zero-order valence-electron chi connectivity index (χ0n) is 13.5. The van der Waals surface area contributed by atoms with Gasteiger partial charge >= 0.3 is 0 Å². The second-order valence-electron chi connectivity index (χ2n) is 5.51. The van der Waals surface area contributed by atoms with Gasteiger partial charge in [-0.25, -0.2) is 9.97 Å². The molecular formula is C17H24N4. The average molecular weight is 284 g/mol. The van der Waals surface area contributed by atoms with Crippen LogP contribution in [0.5, 0.6) is 0 Å². The van der Waals surface area contributed by atoms with E-state index < -0.39 is 0 Å². The molecule has 0 atom stereocenters. The lowest BCUT2D eigenvalue weighted by Gasteiger charge is -2.14. The molecular weight excluding hydrogens is 260 g/mol. The van der Waals surface area contributed by atoms with Gasteiger partial charge in [-0.15, -0.1) is 0 Å². The molecule has 4 nitrogen and oxygen atoms in total. The summed E-state index contributed by atoms with van der Waals surface area (Å²) in [6.45, 7) is 11.3. The van der Waals surface area contributed by atoms with Gasteiger partial charge in [0, 0.05) is 18.3 Å². The van der Waals surface area contributed by atoms with Gasteiger partial charge in [0.2, 0.25) is 0 Å². The molecule has 1 aromatic carbocycles. The van der Waals surface area contributed by atoms with E-state index in [0.717, 1.165) is 36.1 Å². The SMILES string of the molecule is CCCNc1cc(Nc2c(C)cc(C)cc2C)nc(C)n1. The van der Waals surface area contributed by atoms with Gasteiger partial charge in [0.25, 0.3) is 0 Å². The summed E-state index contributed by atoms with van der Waals surface area (Å²) in [5.41, 5.74) is 4.86. The molecule has 0 aliphatic carbocycles. The van der Waals surface area contributed by atoms with Crippen molar-refractivity contribution in [3.63, 3.8) is 0 Å². The molecule has 2 rings (SSSR count). The minimum absolute atomic E-state index is 0.765. The van der Waals surface area contributed by atoms with E-state index in [9.17, 15) is 0 Å². The van der Waals surface area contributed by atoms with Crippen LogP contribution in [0.1, 0.15) is 35.9 Å². The molecule has 0 amide bonds. The van der Waals surface area contributed by atoms with Crippen molar-refractivity contribution < 1.29 is 0 Å². The Morgan fingerprint density at radius 3 is 2.14 bits per heavy atom. The normalized spacial score (nSPS) is 10.5. The third-order valence-corrected chi connectivity index (χ3v) is 3.32. The number of nitrogens with zero attached hydrogens (tertiary/aromatic N) is 2. The van der Waals surface area contributed by atoms with Crippen molar-refractivity contribution in [3.8, 4) is 0 Å². The van der Waals surface area contributed by atoms with Crippen molar-refractivity contribution in [2.45, 2.75) is 41.0 Å². The maximum Gasteiger partial charge on any atom is 0.136 e. The predicted molar refractivity (Wildman–Crippen MR) is 89.5 cm³/mol. The fourth-order valence-corrected chi connectivity index (χ4v) is 2.48. The van der Waals surface area contributed by atoms with E-state index in [1.807, 2.05) is 13.0 Å². The molecule has 4 heteroatoms. The first kappa shape index (κ1) is 15.3. The Bertz CT molecular complexity index is 612. The van der Waals surface area contributed by atoms with Crippen LogP contribution >= 0.6 is 0 Å². The lowest BCUT2D eigenvalue weighted by Crippen LogP contribution is -2.06. The van der Waals surface area contributed by atoms with Gasteiger partial charge in [-0.1, -0.05) is 24.6 Å². The first-order valence-corrected chi connectivity index (χ1v) is 7.44. The van der Waals surface area contributed by atoms with Crippen molar-refractivity contribution in [3.05, 3.63) is 40.7 Å². The molecule has 2 N–H and O–H groups in total. The van der Waals surface area contributed by atoms with Crippen molar-refractivity contribution in [1.29, 1.82) is 0 Å². The van der Waals surface area contributed by atoms with Crippen LogP contribution in [-0.4, -0.2) is 16.5 Å². The molecule has 0 aliphatic heterocycles. The van der Waals surface area contributed by atoms with Gasteiger partial charge in [0.15, 0.2) is 0 Å². The lowest BCUT2D eigenvalue weighted by atomic mass is 10.1. The summed E-state index contributed by atoms with van der Waals surface area (Å²) in [5, 5.41) is 6.74. The van der Waals surface area contributed by atoms with Gasteiger partial charge in [-0.3, -0.25) is 0 Å². The minimum Gasteiger partial charge on any atom is -0.370 e. The summed E-state index contributed by atoms with van der Waals surface area (Å²) in [6.07, 6.45) is 1.07.